The van der Waals surface area contributed by atoms with E-state index in [1.807, 2.05) is 6.07 Å². The number of nitrogens with one attached hydrogen (secondary N) is 1. The zero-order valence-corrected chi connectivity index (χ0v) is 11.4. The van der Waals surface area contributed by atoms with Gasteiger partial charge in [0, 0.05) is 11.7 Å². The minimum absolute atomic E-state index is 0.00905. The molecule has 19 heavy (non-hydrogen) atoms. The average Bonchev–Trinajstić information content (AvgIpc) is 2.38. The van der Waals surface area contributed by atoms with Crippen molar-refractivity contribution in [2.75, 3.05) is 5.73 Å². The normalized spacial score (nSPS) is 17.0. The van der Waals surface area contributed by atoms with Crippen LogP contribution >= 0.6 is 0 Å². The lowest BCUT2D eigenvalue weighted by Crippen LogP contribution is -2.36. The fourth-order valence-electron chi connectivity index (χ4n) is 2.37. The van der Waals surface area contributed by atoms with Crippen molar-refractivity contribution in [2.24, 2.45) is 0 Å². The minimum atomic E-state index is -3.65. The van der Waals surface area contributed by atoms with E-state index in [9.17, 15) is 8.42 Å². The predicted molar refractivity (Wildman–Crippen MR) is 72.8 cm³/mol. The van der Waals surface area contributed by atoms with Gasteiger partial charge in [-0.25, -0.2) is 13.1 Å². The summed E-state index contributed by atoms with van der Waals surface area (Å²) in [4.78, 5) is 0.00905. The van der Waals surface area contributed by atoms with Gasteiger partial charge in [0.15, 0.2) is 0 Å². The Bertz CT molecular complexity index is 599. The van der Waals surface area contributed by atoms with Gasteiger partial charge >= 0.3 is 0 Å². The predicted octanol–water partition coefficient (Wildman–Crippen LogP) is 1.75. The topological polar surface area (TPSA) is 96.0 Å². The SMILES string of the molecule is N#Cc1cc(N)ccc1S(=O)(=O)NC1CCCCC1. The first kappa shape index (κ1) is 13.8. The largest absolute Gasteiger partial charge is 0.399 e. The maximum atomic E-state index is 12.3. The Kier molecular flexibility index (Phi) is 4.08. The van der Waals surface area contributed by atoms with Crippen LogP contribution in [0, 0.1) is 11.3 Å². The van der Waals surface area contributed by atoms with E-state index in [1.165, 1.54) is 18.2 Å². The Labute approximate surface area is 113 Å². The molecule has 1 aromatic rings. The van der Waals surface area contributed by atoms with E-state index in [4.69, 9.17) is 11.0 Å². The van der Waals surface area contributed by atoms with Crippen LogP contribution in [0.5, 0.6) is 0 Å². The zero-order chi connectivity index (χ0) is 13.9. The standard InChI is InChI=1S/C13H17N3O2S/c14-9-10-8-11(15)6-7-13(10)19(17,18)16-12-4-2-1-3-5-12/h6-8,12,16H,1-5,15H2. The van der Waals surface area contributed by atoms with E-state index in [2.05, 4.69) is 4.72 Å². The number of nitrogen functional groups attached to an aromatic ring is 1. The molecule has 6 heteroatoms. The van der Waals surface area contributed by atoms with Gasteiger partial charge in [0.05, 0.1) is 10.5 Å². The molecule has 1 aliphatic rings. The molecule has 5 nitrogen and oxygen atoms in total. The number of nitriles is 1. The van der Waals surface area contributed by atoms with Gasteiger partial charge in [-0.3, -0.25) is 0 Å². The number of hydrogen-bond donors (Lipinski definition) is 2. The van der Waals surface area contributed by atoms with E-state index in [0.717, 1.165) is 32.1 Å². The van der Waals surface area contributed by atoms with Crippen LogP contribution in [0.25, 0.3) is 0 Å². The summed E-state index contributed by atoms with van der Waals surface area (Å²) in [7, 11) is -3.65. The van der Waals surface area contributed by atoms with Crippen LogP contribution < -0.4 is 10.5 Å². The van der Waals surface area contributed by atoms with Crippen LogP contribution in [0.2, 0.25) is 0 Å². The Balaban J connectivity index is 2.26. The molecule has 1 aromatic carbocycles. The third kappa shape index (κ3) is 3.25. The Morgan fingerprint density at radius 2 is 1.95 bits per heavy atom. The zero-order valence-electron chi connectivity index (χ0n) is 10.6. The number of sulfonamides is 1. The summed E-state index contributed by atoms with van der Waals surface area (Å²) < 4.78 is 27.3. The molecule has 0 bridgehead atoms. The summed E-state index contributed by atoms with van der Waals surface area (Å²) in [6.45, 7) is 0. The van der Waals surface area contributed by atoms with Crippen molar-refractivity contribution in [1.82, 2.24) is 4.72 Å². The average molecular weight is 279 g/mol. The number of rotatable bonds is 3. The second-order valence-corrected chi connectivity index (χ2v) is 6.51. The lowest BCUT2D eigenvalue weighted by Gasteiger charge is -2.22. The van der Waals surface area contributed by atoms with Crippen molar-refractivity contribution >= 4 is 15.7 Å². The second kappa shape index (κ2) is 5.59. The van der Waals surface area contributed by atoms with E-state index in [0.29, 0.717) is 5.69 Å². The molecule has 102 valence electrons. The molecular weight excluding hydrogens is 262 g/mol. The van der Waals surface area contributed by atoms with Gasteiger partial charge in [-0.2, -0.15) is 5.26 Å². The molecule has 0 amide bonds. The van der Waals surface area contributed by atoms with Crippen LogP contribution in [-0.4, -0.2) is 14.5 Å². The summed E-state index contributed by atoms with van der Waals surface area (Å²) in [6, 6.07) is 6.12. The van der Waals surface area contributed by atoms with Crippen molar-refractivity contribution in [3.05, 3.63) is 23.8 Å². The quantitative estimate of drug-likeness (QED) is 0.824. The minimum Gasteiger partial charge on any atom is -0.399 e. The van der Waals surface area contributed by atoms with Crippen LogP contribution in [0.3, 0.4) is 0 Å². The monoisotopic (exact) mass is 279 g/mol. The van der Waals surface area contributed by atoms with E-state index in [1.54, 1.807) is 0 Å². The highest BCUT2D eigenvalue weighted by molar-refractivity contribution is 7.89. The van der Waals surface area contributed by atoms with Gasteiger partial charge in [-0.1, -0.05) is 19.3 Å². The molecule has 0 aliphatic heterocycles. The van der Waals surface area contributed by atoms with Gasteiger partial charge in [-0.15, -0.1) is 0 Å². The summed E-state index contributed by atoms with van der Waals surface area (Å²) in [5.74, 6) is 0. The first-order valence-electron chi connectivity index (χ1n) is 6.35. The molecule has 0 unspecified atom stereocenters. The lowest BCUT2D eigenvalue weighted by molar-refractivity contribution is 0.412. The molecule has 2 rings (SSSR count). The van der Waals surface area contributed by atoms with Crippen molar-refractivity contribution in [3.8, 4) is 6.07 Å². The number of nitrogens with zero attached hydrogens (tertiary/aromatic N) is 1. The van der Waals surface area contributed by atoms with Crippen molar-refractivity contribution in [2.45, 2.75) is 43.0 Å². The molecule has 0 heterocycles. The first-order chi connectivity index (χ1) is 9.03. The number of benzene rings is 1. The van der Waals surface area contributed by atoms with Crippen LogP contribution in [0.15, 0.2) is 23.1 Å². The number of anilines is 1. The fraction of sp³-hybridized carbons (Fsp3) is 0.462. The molecule has 0 aromatic heterocycles. The summed E-state index contributed by atoms with van der Waals surface area (Å²) in [5, 5.41) is 9.01. The molecule has 1 saturated carbocycles. The Morgan fingerprint density at radius 3 is 2.58 bits per heavy atom. The highest BCUT2D eigenvalue weighted by Crippen LogP contribution is 2.22. The van der Waals surface area contributed by atoms with Gasteiger partial charge in [0.25, 0.3) is 0 Å². The van der Waals surface area contributed by atoms with Crippen molar-refractivity contribution in [3.63, 3.8) is 0 Å². The molecule has 0 atom stereocenters. The molecule has 0 radical (unpaired) electrons. The highest BCUT2D eigenvalue weighted by Gasteiger charge is 2.24. The Morgan fingerprint density at radius 1 is 1.26 bits per heavy atom. The van der Waals surface area contributed by atoms with Crippen molar-refractivity contribution < 1.29 is 8.42 Å². The number of hydrogen-bond acceptors (Lipinski definition) is 4. The molecule has 0 spiro atoms. The molecular formula is C13H17N3O2S. The van der Waals surface area contributed by atoms with E-state index < -0.39 is 10.0 Å². The maximum Gasteiger partial charge on any atom is 0.242 e. The van der Waals surface area contributed by atoms with Crippen LogP contribution in [0.1, 0.15) is 37.7 Å². The smallest absolute Gasteiger partial charge is 0.242 e. The molecule has 1 aliphatic carbocycles. The molecule has 1 fully saturated rings. The van der Waals surface area contributed by atoms with Gasteiger partial charge in [-0.05, 0) is 31.0 Å². The third-order valence-corrected chi connectivity index (χ3v) is 4.92. The highest BCUT2D eigenvalue weighted by atomic mass is 32.2. The molecule has 3 N–H and O–H groups in total. The third-order valence-electron chi connectivity index (χ3n) is 3.34. The lowest BCUT2D eigenvalue weighted by atomic mass is 9.96. The first-order valence-corrected chi connectivity index (χ1v) is 7.83. The van der Waals surface area contributed by atoms with Crippen LogP contribution in [-0.2, 0) is 10.0 Å². The number of nitrogens with two attached hydrogens (primary N) is 1. The summed E-state index contributed by atoms with van der Waals surface area (Å²) in [5.41, 5.74) is 6.03. The van der Waals surface area contributed by atoms with Crippen molar-refractivity contribution in [1.29, 1.82) is 5.26 Å². The fourth-order valence-corrected chi connectivity index (χ4v) is 3.82. The summed E-state index contributed by atoms with van der Waals surface area (Å²) >= 11 is 0. The second-order valence-electron chi connectivity index (χ2n) is 4.82. The van der Waals surface area contributed by atoms with Gasteiger partial charge in [0.1, 0.15) is 6.07 Å². The van der Waals surface area contributed by atoms with Gasteiger partial charge < -0.3 is 5.73 Å². The van der Waals surface area contributed by atoms with Gasteiger partial charge in [0.2, 0.25) is 10.0 Å². The summed E-state index contributed by atoms with van der Waals surface area (Å²) in [6.07, 6.45) is 4.95. The van der Waals surface area contributed by atoms with E-state index >= 15 is 0 Å². The molecule has 0 saturated heterocycles. The Hall–Kier alpha value is -1.58. The van der Waals surface area contributed by atoms with E-state index in [-0.39, 0.29) is 16.5 Å². The van der Waals surface area contributed by atoms with Crippen LogP contribution in [0.4, 0.5) is 5.69 Å². The maximum absolute atomic E-state index is 12.3.